The molecule has 0 radical (unpaired) electrons. The molecule has 0 aliphatic carbocycles. The van der Waals surface area contributed by atoms with Gasteiger partial charge in [0.1, 0.15) is 5.75 Å². The Bertz CT molecular complexity index is 1260. The molecule has 0 saturated heterocycles. The zero-order valence-corrected chi connectivity index (χ0v) is 22.4. The number of nitriles is 1. The summed E-state index contributed by atoms with van der Waals surface area (Å²) in [5.74, 6) is 0.0387. The molecule has 10 nitrogen and oxygen atoms in total. The number of carbonyl (C=O) groups is 1. The average Bonchev–Trinajstić information content (AvgIpc) is 2.86. The third-order valence-corrected chi connectivity index (χ3v) is 5.69. The third kappa shape index (κ3) is 10.1. The highest BCUT2D eigenvalue weighted by Crippen LogP contribution is 2.22. The summed E-state index contributed by atoms with van der Waals surface area (Å²) in [6.07, 6.45) is -3.90. The van der Waals surface area contributed by atoms with Crippen molar-refractivity contribution in [1.29, 1.82) is 5.26 Å². The van der Waals surface area contributed by atoms with Gasteiger partial charge in [-0.1, -0.05) is 12.1 Å². The molecule has 0 saturated carbocycles. The fourth-order valence-electron chi connectivity index (χ4n) is 3.73. The summed E-state index contributed by atoms with van der Waals surface area (Å²) < 4.78 is 50.3. The van der Waals surface area contributed by atoms with Crippen LogP contribution in [0.2, 0.25) is 0 Å². The van der Waals surface area contributed by atoms with Gasteiger partial charge in [-0.05, 0) is 64.2 Å². The van der Waals surface area contributed by atoms with Crippen LogP contribution in [0.5, 0.6) is 5.75 Å². The Hall–Kier alpha value is -3.82. The molecule has 0 fully saturated rings. The average molecular weight is 555 g/mol. The summed E-state index contributed by atoms with van der Waals surface area (Å²) in [6.45, 7) is 5.18. The number of H-pyrrole nitrogens is 1. The van der Waals surface area contributed by atoms with Gasteiger partial charge in [-0.25, -0.2) is 9.59 Å². The highest BCUT2D eigenvalue weighted by atomic mass is 19.4. The molecule has 39 heavy (non-hydrogen) atoms. The van der Waals surface area contributed by atoms with Gasteiger partial charge in [-0.2, -0.15) is 28.2 Å². The number of carbonyl (C=O) groups excluding carboxylic acids is 1. The molecule has 0 spiro atoms. The third-order valence-electron chi connectivity index (χ3n) is 5.69. The minimum absolute atomic E-state index is 0.0175. The van der Waals surface area contributed by atoms with Crippen LogP contribution in [0.15, 0.2) is 33.9 Å². The SMILES string of the molecule is CCOC(=O)C(C)(C)Oc1cccc(CCCCNc2[nH+]n(CCC#N)c(=O)n(CCCC(F)(F)F)c2=O)c1. The van der Waals surface area contributed by atoms with E-state index in [2.05, 4.69) is 10.4 Å². The van der Waals surface area contributed by atoms with Crippen molar-refractivity contribution in [2.45, 2.75) is 84.2 Å². The van der Waals surface area contributed by atoms with Gasteiger partial charge in [0.2, 0.25) is 0 Å². The number of aromatic nitrogens is 3. The summed E-state index contributed by atoms with van der Waals surface area (Å²) in [5.41, 5.74) is -1.70. The molecule has 0 aliphatic rings. The lowest BCUT2D eigenvalue weighted by atomic mass is 10.1. The van der Waals surface area contributed by atoms with Crippen molar-refractivity contribution in [3.05, 3.63) is 50.7 Å². The maximum atomic E-state index is 12.8. The molecule has 1 aromatic carbocycles. The Labute approximate surface area is 224 Å². The van der Waals surface area contributed by atoms with E-state index in [1.54, 1.807) is 26.8 Å². The summed E-state index contributed by atoms with van der Waals surface area (Å²) in [6, 6.07) is 9.24. The van der Waals surface area contributed by atoms with E-state index in [0.29, 0.717) is 25.1 Å². The Kier molecular flexibility index (Phi) is 11.6. The van der Waals surface area contributed by atoms with Crippen molar-refractivity contribution in [3.63, 3.8) is 0 Å². The number of benzene rings is 1. The molecule has 1 heterocycles. The van der Waals surface area contributed by atoms with Crippen molar-refractivity contribution in [2.75, 3.05) is 18.5 Å². The number of nitrogens with one attached hydrogen (secondary N) is 2. The summed E-state index contributed by atoms with van der Waals surface area (Å²) in [4.78, 5) is 37.4. The lowest BCUT2D eigenvalue weighted by Gasteiger charge is -2.24. The van der Waals surface area contributed by atoms with E-state index >= 15 is 0 Å². The molecular weight excluding hydrogens is 519 g/mol. The lowest BCUT2D eigenvalue weighted by molar-refractivity contribution is -0.486. The van der Waals surface area contributed by atoms with Crippen LogP contribution in [-0.2, 0) is 29.0 Å². The Morgan fingerprint density at radius 1 is 1.15 bits per heavy atom. The van der Waals surface area contributed by atoms with Crippen LogP contribution in [0.25, 0.3) is 0 Å². The summed E-state index contributed by atoms with van der Waals surface area (Å²) >= 11 is 0. The summed E-state index contributed by atoms with van der Waals surface area (Å²) in [7, 11) is 0. The number of aromatic amines is 1. The highest BCUT2D eigenvalue weighted by molar-refractivity contribution is 5.79. The van der Waals surface area contributed by atoms with Crippen molar-refractivity contribution >= 4 is 11.8 Å². The van der Waals surface area contributed by atoms with Gasteiger partial charge >= 0.3 is 29.2 Å². The first-order valence-electron chi connectivity index (χ1n) is 12.8. The normalized spacial score (nSPS) is 11.6. The molecular formula is C26H35F3N5O5+. The Morgan fingerprint density at radius 2 is 1.90 bits per heavy atom. The number of hydrogen-bond donors (Lipinski definition) is 1. The van der Waals surface area contributed by atoms with Crippen molar-refractivity contribution < 1.29 is 32.5 Å². The quantitative estimate of drug-likeness (QED) is 0.264. The molecule has 0 unspecified atom stereocenters. The largest absolute Gasteiger partial charge is 0.476 e. The second kappa shape index (κ2) is 14.4. The van der Waals surface area contributed by atoms with E-state index in [4.69, 9.17) is 14.7 Å². The van der Waals surface area contributed by atoms with E-state index in [9.17, 15) is 27.6 Å². The van der Waals surface area contributed by atoms with Crippen LogP contribution in [0.4, 0.5) is 19.0 Å². The molecule has 1 aromatic heterocycles. The number of rotatable bonds is 15. The van der Waals surface area contributed by atoms with Crippen LogP contribution in [0.3, 0.4) is 0 Å². The van der Waals surface area contributed by atoms with Gasteiger partial charge in [0.15, 0.2) is 5.60 Å². The molecule has 13 heteroatoms. The fraction of sp³-hybridized carbons (Fsp3) is 0.577. The fourth-order valence-corrected chi connectivity index (χ4v) is 3.73. The first-order chi connectivity index (χ1) is 18.4. The van der Waals surface area contributed by atoms with Crippen LogP contribution in [-0.4, -0.2) is 40.1 Å². The summed E-state index contributed by atoms with van der Waals surface area (Å²) in [5, 5.41) is 14.4. The second-order valence-corrected chi connectivity index (χ2v) is 9.37. The van der Waals surface area contributed by atoms with E-state index in [-0.39, 0.29) is 25.4 Å². The van der Waals surface area contributed by atoms with E-state index < -0.39 is 48.4 Å². The van der Waals surface area contributed by atoms with Gasteiger partial charge in [0.05, 0.1) is 32.2 Å². The Morgan fingerprint density at radius 3 is 2.56 bits per heavy atom. The number of anilines is 1. The predicted molar refractivity (Wildman–Crippen MR) is 136 cm³/mol. The van der Waals surface area contributed by atoms with Crippen molar-refractivity contribution in [1.82, 2.24) is 9.25 Å². The highest BCUT2D eigenvalue weighted by Gasteiger charge is 2.31. The molecule has 0 amide bonds. The number of nitrogens with zero attached hydrogens (tertiary/aromatic N) is 3. The van der Waals surface area contributed by atoms with Crippen LogP contribution in [0, 0.1) is 11.3 Å². The molecule has 0 atom stereocenters. The maximum absolute atomic E-state index is 12.8. The number of halogens is 3. The van der Waals surface area contributed by atoms with Crippen LogP contribution >= 0.6 is 0 Å². The number of unbranched alkanes of at least 4 members (excludes halogenated alkanes) is 1. The first kappa shape index (κ1) is 31.4. The molecule has 0 bridgehead atoms. The van der Waals surface area contributed by atoms with Gasteiger partial charge in [0, 0.05) is 13.0 Å². The van der Waals surface area contributed by atoms with Gasteiger partial charge < -0.3 is 9.47 Å². The molecule has 2 aromatic rings. The first-order valence-corrected chi connectivity index (χ1v) is 12.8. The molecule has 214 valence electrons. The predicted octanol–water partition coefficient (Wildman–Crippen LogP) is 3.24. The van der Waals surface area contributed by atoms with Crippen molar-refractivity contribution in [2.24, 2.45) is 0 Å². The van der Waals surface area contributed by atoms with Gasteiger partial charge in [-0.3, -0.25) is 14.7 Å². The molecule has 2 rings (SSSR count). The Balaban J connectivity index is 2.00. The van der Waals surface area contributed by atoms with E-state index in [1.165, 1.54) is 0 Å². The number of esters is 1. The smallest absolute Gasteiger partial charge is 0.389 e. The topological polar surface area (TPSA) is 129 Å². The van der Waals surface area contributed by atoms with Crippen LogP contribution in [0.1, 0.15) is 58.4 Å². The number of alkyl halides is 3. The van der Waals surface area contributed by atoms with Crippen molar-refractivity contribution in [3.8, 4) is 11.8 Å². The minimum Gasteiger partial charge on any atom is -0.476 e. The maximum Gasteiger partial charge on any atom is 0.389 e. The number of ether oxygens (including phenoxy) is 2. The zero-order chi connectivity index (χ0) is 29.1. The standard InChI is InChI=1S/C26H34F3N5O5/c1-4-38-23(36)25(2,3)39-20-12-7-11-19(18-20)10-5-6-15-31-21-22(35)33(16-8-13-26(27,28)29)24(37)34(32-21)17-9-14-30/h7,11-12,18H,4-6,8-10,13,15-17H2,1-3H3,(H,31,32)/p+1. The number of aryl methyl sites for hydroxylation is 2. The second-order valence-electron chi connectivity index (χ2n) is 9.37. The van der Waals surface area contributed by atoms with Gasteiger partial charge in [0.25, 0.3) is 0 Å². The zero-order valence-electron chi connectivity index (χ0n) is 22.4. The number of hydrogen-bond acceptors (Lipinski definition) is 7. The van der Waals surface area contributed by atoms with E-state index in [1.807, 2.05) is 24.3 Å². The molecule has 2 N–H and O–H groups in total. The van der Waals surface area contributed by atoms with E-state index in [0.717, 1.165) is 21.2 Å². The molecule has 0 aliphatic heterocycles. The van der Waals surface area contributed by atoms with Gasteiger partial charge in [-0.15, -0.1) is 0 Å². The lowest BCUT2D eigenvalue weighted by Crippen LogP contribution is -2.50. The van der Waals surface area contributed by atoms with Crippen LogP contribution < -0.4 is 26.4 Å². The monoisotopic (exact) mass is 554 g/mol. The minimum atomic E-state index is -4.39.